The molecule has 2 fully saturated rings. The summed E-state index contributed by atoms with van der Waals surface area (Å²) in [5.74, 6) is 0. The molecule has 0 aromatic rings. The molecule has 0 amide bonds. The van der Waals surface area contributed by atoms with Gasteiger partial charge in [0.15, 0.2) is 0 Å². The van der Waals surface area contributed by atoms with Crippen LogP contribution < -0.4 is 0 Å². The highest BCUT2D eigenvalue weighted by Crippen LogP contribution is 2.24. The van der Waals surface area contributed by atoms with Crippen LogP contribution in [0.2, 0.25) is 0 Å². The monoisotopic (exact) mass is 254 g/mol. The van der Waals surface area contributed by atoms with Crippen LogP contribution in [0.4, 0.5) is 0 Å². The van der Waals surface area contributed by atoms with E-state index in [9.17, 15) is 5.11 Å². The van der Waals surface area contributed by atoms with Crippen molar-refractivity contribution in [3.63, 3.8) is 0 Å². The summed E-state index contributed by atoms with van der Waals surface area (Å²) in [6.45, 7) is 2.42. The molecule has 0 saturated carbocycles. The molecule has 2 saturated heterocycles. The largest absolute Gasteiger partial charge is 0.393 e. The van der Waals surface area contributed by atoms with E-state index in [1.807, 2.05) is 0 Å². The minimum absolute atomic E-state index is 0.110. The number of hydrogen-bond acceptors (Lipinski definition) is 3. The summed E-state index contributed by atoms with van der Waals surface area (Å²) in [5, 5.41) is 10.3. The smallest absolute Gasteiger partial charge is 0.0570 e. The van der Waals surface area contributed by atoms with Crippen molar-refractivity contribution in [2.45, 2.75) is 69.6 Å². The van der Waals surface area contributed by atoms with Gasteiger partial charge in [0.2, 0.25) is 0 Å². The SMILES string of the molecule is CN1CCCC[C@H]1CC(O)C[C@@H]1CCCCN1C. The first kappa shape index (κ1) is 14.3. The Morgan fingerprint density at radius 3 is 1.72 bits per heavy atom. The van der Waals surface area contributed by atoms with Crippen molar-refractivity contribution < 1.29 is 5.11 Å². The van der Waals surface area contributed by atoms with E-state index in [4.69, 9.17) is 0 Å². The molecule has 2 aliphatic heterocycles. The van der Waals surface area contributed by atoms with Crippen LogP contribution in [0.15, 0.2) is 0 Å². The molecule has 0 aromatic carbocycles. The van der Waals surface area contributed by atoms with Crippen LogP contribution >= 0.6 is 0 Å². The van der Waals surface area contributed by atoms with E-state index in [-0.39, 0.29) is 6.10 Å². The minimum Gasteiger partial charge on any atom is -0.393 e. The molecule has 106 valence electrons. The molecule has 2 rings (SSSR count). The van der Waals surface area contributed by atoms with Gasteiger partial charge in [-0.3, -0.25) is 0 Å². The lowest BCUT2D eigenvalue weighted by atomic mass is 9.92. The first-order chi connectivity index (χ1) is 8.66. The summed E-state index contributed by atoms with van der Waals surface area (Å²) < 4.78 is 0. The topological polar surface area (TPSA) is 26.7 Å². The Morgan fingerprint density at radius 2 is 1.33 bits per heavy atom. The van der Waals surface area contributed by atoms with Crippen molar-refractivity contribution in [3.8, 4) is 0 Å². The maximum absolute atomic E-state index is 10.3. The summed E-state index contributed by atoms with van der Waals surface area (Å²) in [5.41, 5.74) is 0. The third-order valence-electron chi connectivity index (χ3n) is 4.93. The van der Waals surface area contributed by atoms with Gasteiger partial charge in [0.05, 0.1) is 6.10 Å². The zero-order valence-corrected chi connectivity index (χ0v) is 12.1. The quantitative estimate of drug-likeness (QED) is 0.832. The van der Waals surface area contributed by atoms with Crippen LogP contribution in [0, 0.1) is 0 Å². The molecule has 3 nitrogen and oxygen atoms in total. The number of aliphatic hydroxyl groups excluding tert-OH is 1. The Labute approximate surface area is 112 Å². The summed E-state index contributed by atoms with van der Waals surface area (Å²) in [6, 6.07) is 1.23. The highest BCUT2D eigenvalue weighted by molar-refractivity contribution is 4.81. The van der Waals surface area contributed by atoms with Gasteiger partial charge in [0, 0.05) is 12.1 Å². The maximum atomic E-state index is 10.3. The predicted octanol–water partition coefficient (Wildman–Crippen LogP) is 2.10. The molecular formula is C15H30N2O. The van der Waals surface area contributed by atoms with Crippen molar-refractivity contribution in [1.29, 1.82) is 0 Å². The van der Waals surface area contributed by atoms with Crippen molar-refractivity contribution >= 4 is 0 Å². The van der Waals surface area contributed by atoms with Gasteiger partial charge in [-0.15, -0.1) is 0 Å². The second kappa shape index (κ2) is 6.88. The molecular weight excluding hydrogens is 224 g/mol. The molecule has 3 heteroatoms. The third-order valence-corrected chi connectivity index (χ3v) is 4.93. The van der Waals surface area contributed by atoms with Gasteiger partial charge in [0.25, 0.3) is 0 Å². The number of aliphatic hydroxyl groups is 1. The lowest BCUT2D eigenvalue weighted by molar-refractivity contribution is 0.0574. The van der Waals surface area contributed by atoms with Gasteiger partial charge in [-0.1, -0.05) is 12.8 Å². The van der Waals surface area contributed by atoms with Crippen LogP contribution in [-0.2, 0) is 0 Å². The van der Waals surface area contributed by atoms with Gasteiger partial charge >= 0.3 is 0 Å². The standard InChI is InChI=1S/C15H30N2O/c1-16-9-5-3-7-13(16)11-15(18)12-14-8-4-6-10-17(14)2/h13-15,18H,3-12H2,1-2H3/t13-,14-/m0/s1. The molecule has 0 bridgehead atoms. The first-order valence-corrected chi connectivity index (χ1v) is 7.75. The minimum atomic E-state index is -0.110. The van der Waals surface area contributed by atoms with Gasteiger partial charge < -0.3 is 14.9 Å². The lowest BCUT2D eigenvalue weighted by Gasteiger charge is -2.37. The van der Waals surface area contributed by atoms with Gasteiger partial charge in [-0.05, 0) is 65.7 Å². The summed E-state index contributed by atoms with van der Waals surface area (Å²) in [7, 11) is 4.42. The van der Waals surface area contributed by atoms with E-state index in [0.29, 0.717) is 12.1 Å². The fraction of sp³-hybridized carbons (Fsp3) is 1.00. The molecule has 1 N–H and O–H groups in total. The molecule has 2 heterocycles. The second-order valence-corrected chi connectivity index (χ2v) is 6.39. The van der Waals surface area contributed by atoms with Crippen LogP contribution in [0.5, 0.6) is 0 Å². The van der Waals surface area contributed by atoms with E-state index in [1.165, 1.54) is 51.6 Å². The van der Waals surface area contributed by atoms with E-state index in [1.54, 1.807) is 0 Å². The number of rotatable bonds is 4. The van der Waals surface area contributed by atoms with Crippen molar-refractivity contribution in [2.24, 2.45) is 0 Å². The van der Waals surface area contributed by atoms with E-state index >= 15 is 0 Å². The van der Waals surface area contributed by atoms with E-state index < -0.39 is 0 Å². The molecule has 2 aliphatic rings. The lowest BCUT2D eigenvalue weighted by Crippen LogP contribution is -2.42. The van der Waals surface area contributed by atoms with Crippen molar-refractivity contribution in [3.05, 3.63) is 0 Å². The van der Waals surface area contributed by atoms with Crippen LogP contribution in [0.25, 0.3) is 0 Å². The molecule has 18 heavy (non-hydrogen) atoms. The van der Waals surface area contributed by atoms with E-state index in [2.05, 4.69) is 23.9 Å². The number of likely N-dealkylation sites (tertiary alicyclic amines) is 2. The Balaban J connectivity index is 1.75. The fourth-order valence-corrected chi connectivity index (χ4v) is 3.61. The van der Waals surface area contributed by atoms with E-state index in [0.717, 1.165) is 12.8 Å². The van der Waals surface area contributed by atoms with Crippen LogP contribution in [-0.4, -0.2) is 60.3 Å². The fourth-order valence-electron chi connectivity index (χ4n) is 3.61. The van der Waals surface area contributed by atoms with Crippen LogP contribution in [0.1, 0.15) is 51.4 Å². The van der Waals surface area contributed by atoms with Crippen LogP contribution in [0.3, 0.4) is 0 Å². The Hall–Kier alpha value is -0.120. The number of nitrogens with zero attached hydrogens (tertiary/aromatic N) is 2. The second-order valence-electron chi connectivity index (χ2n) is 6.39. The molecule has 0 aromatic heterocycles. The normalized spacial score (nSPS) is 32.0. The highest BCUT2D eigenvalue weighted by atomic mass is 16.3. The average Bonchev–Trinajstić information content (AvgIpc) is 2.35. The number of hydrogen-bond donors (Lipinski definition) is 1. The average molecular weight is 254 g/mol. The molecule has 0 unspecified atom stereocenters. The first-order valence-electron chi connectivity index (χ1n) is 7.75. The Bertz CT molecular complexity index is 223. The molecule has 0 aliphatic carbocycles. The molecule has 2 atom stereocenters. The van der Waals surface area contributed by atoms with Gasteiger partial charge in [-0.25, -0.2) is 0 Å². The Kier molecular flexibility index (Phi) is 5.46. The highest BCUT2D eigenvalue weighted by Gasteiger charge is 2.26. The molecule has 0 spiro atoms. The van der Waals surface area contributed by atoms with Gasteiger partial charge in [0.1, 0.15) is 0 Å². The summed E-state index contributed by atoms with van der Waals surface area (Å²) in [6.07, 6.45) is 9.71. The molecule has 0 radical (unpaired) electrons. The van der Waals surface area contributed by atoms with Gasteiger partial charge in [-0.2, -0.15) is 0 Å². The number of piperidine rings is 2. The van der Waals surface area contributed by atoms with Crippen molar-refractivity contribution in [1.82, 2.24) is 9.80 Å². The zero-order valence-electron chi connectivity index (χ0n) is 12.1. The summed E-state index contributed by atoms with van der Waals surface area (Å²) >= 11 is 0. The predicted molar refractivity (Wildman–Crippen MR) is 75.8 cm³/mol. The Morgan fingerprint density at radius 1 is 0.889 bits per heavy atom. The van der Waals surface area contributed by atoms with Crippen molar-refractivity contribution in [2.75, 3.05) is 27.2 Å². The zero-order chi connectivity index (χ0) is 13.0. The maximum Gasteiger partial charge on any atom is 0.0570 e. The third kappa shape index (κ3) is 3.94. The summed E-state index contributed by atoms with van der Waals surface area (Å²) in [4.78, 5) is 4.88.